The first kappa shape index (κ1) is 44.9. The fourth-order valence-corrected chi connectivity index (χ4v) is 9.27. The van der Waals surface area contributed by atoms with Gasteiger partial charge in [-0.15, -0.1) is 6.58 Å². The van der Waals surface area contributed by atoms with Crippen LogP contribution in [-0.4, -0.2) is 82.7 Å². The van der Waals surface area contributed by atoms with Crippen LogP contribution in [0.5, 0.6) is 17.2 Å². The summed E-state index contributed by atoms with van der Waals surface area (Å²) in [6.45, 7) is 8.84. The van der Waals surface area contributed by atoms with Crippen LogP contribution in [0.3, 0.4) is 0 Å². The van der Waals surface area contributed by atoms with Gasteiger partial charge in [-0.25, -0.2) is 0 Å². The highest BCUT2D eigenvalue weighted by atomic mass is 16.7. The fraction of sp³-hybridized carbons (Fsp3) is 0.438. The number of nitrogens with zero attached hydrogens (tertiary/aromatic N) is 3. The Bertz CT molecular complexity index is 2100. The average molecular weight is 836 g/mol. The van der Waals surface area contributed by atoms with Crippen LogP contribution in [0.4, 0.5) is 5.69 Å². The van der Waals surface area contributed by atoms with E-state index in [1.54, 1.807) is 53.5 Å². The molecular formula is C48H57N3O10. The van der Waals surface area contributed by atoms with Crippen molar-refractivity contribution in [3.05, 3.63) is 124 Å². The number of aliphatic hydroxyl groups excluding tert-OH is 2. The molecule has 324 valence electrons. The minimum atomic E-state index is -1.43. The van der Waals surface area contributed by atoms with Gasteiger partial charge in [-0.3, -0.25) is 19.7 Å². The minimum absolute atomic E-state index is 0.0199. The molecule has 0 radical (unpaired) electrons. The summed E-state index contributed by atoms with van der Waals surface area (Å²) < 4.78 is 20.7. The zero-order valence-electron chi connectivity index (χ0n) is 35.0. The number of amides is 1. The fourth-order valence-electron chi connectivity index (χ4n) is 9.27. The molecular weight excluding hydrogens is 779 g/mol. The number of hydrogen-bond donors (Lipinski definition) is 2. The van der Waals surface area contributed by atoms with E-state index < -0.39 is 22.7 Å². The van der Waals surface area contributed by atoms with Gasteiger partial charge in [-0.1, -0.05) is 49.2 Å². The van der Waals surface area contributed by atoms with Crippen molar-refractivity contribution in [3.63, 3.8) is 0 Å². The number of fused-ring (bicyclic) bond motifs is 2. The molecule has 6 unspecified atom stereocenters. The van der Waals surface area contributed by atoms with Crippen LogP contribution in [0.15, 0.2) is 102 Å². The molecule has 3 aliphatic rings. The van der Waals surface area contributed by atoms with Gasteiger partial charge in [-0.2, -0.15) is 0 Å². The third-order valence-electron chi connectivity index (χ3n) is 11.8. The number of unbranched alkanes of at least 4 members (excludes halogenated alkanes) is 2. The lowest BCUT2D eigenvalue weighted by Crippen LogP contribution is -2.70. The Morgan fingerprint density at radius 1 is 1.02 bits per heavy atom. The van der Waals surface area contributed by atoms with Gasteiger partial charge in [0.1, 0.15) is 36.2 Å². The van der Waals surface area contributed by atoms with Crippen LogP contribution in [0, 0.1) is 27.9 Å². The molecule has 6 atom stereocenters. The number of non-ortho nitro benzene ring substituents is 1. The van der Waals surface area contributed by atoms with Crippen molar-refractivity contribution in [2.24, 2.45) is 22.9 Å². The molecule has 1 amide bonds. The summed E-state index contributed by atoms with van der Waals surface area (Å²) in [6.07, 6.45) is 13.2. The van der Waals surface area contributed by atoms with Crippen molar-refractivity contribution in [3.8, 4) is 17.2 Å². The standard InChI is InChI=1S/C48H57N3O10/c1-4-24-50(45(55)23-18-33-16-19-36(20-17-33)51(56)57)44-31-42(49-59-6-3)40-29-35(13-7-9-25-52)39(15-8-10-26-53)46-41-30-38(60-37-14-11-12-34(28-37)32-54)21-22-43(41)61-48(44,47(40)46)58-27-5-2/h5,11-12,14,16-23,28-30,32,35,39,44,46-47,52-53H,2,4,6-10,13,15,24-27,31H2,1,3H3. The number of ether oxygens (including phenoxy) is 3. The van der Waals surface area contributed by atoms with Crippen molar-refractivity contribution in [2.75, 3.05) is 33.0 Å². The van der Waals surface area contributed by atoms with Crippen LogP contribution in [-0.2, 0) is 14.4 Å². The molecule has 1 fully saturated rings. The maximum Gasteiger partial charge on any atom is 0.269 e. The van der Waals surface area contributed by atoms with E-state index in [4.69, 9.17) is 24.2 Å². The second kappa shape index (κ2) is 21.2. The Morgan fingerprint density at radius 2 is 1.77 bits per heavy atom. The molecule has 61 heavy (non-hydrogen) atoms. The number of oxime groups is 1. The smallest absolute Gasteiger partial charge is 0.269 e. The molecule has 0 bridgehead atoms. The van der Waals surface area contributed by atoms with Crippen LogP contribution in [0.2, 0.25) is 0 Å². The van der Waals surface area contributed by atoms with E-state index in [1.807, 2.05) is 32.0 Å². The molecule has 13 heteroatoms. The van der Waals surface area contributed by atoms with Crippen LogP contribution in [0.1, 0.15) is 92.6 Å². The number of allylic oxidation sites excluding steroid dienone is 1. The van der Waals surface area contributed by atoms with Gasteiger partial charge in [0.2, 0.25) is 11.7 Å². The van der Waals surface area contributed by atoms with E-state index in [2.05, 4.69) is 12.7 Å². The average Bonchev–Trinajstić information content (AvgIpc) is 3.27. The Hall–Kier alpha value is -5.63. The number of nitro groups is 1. The predicted octanol–water partition coefficient (Wildman–Crippen LogP) is 8.81. The third kappa shape index (κ3) is 10.1. The molecule has 13 nitrogen and oxygen atoms in total. The number of nitro benzene ring substituents is 1. The molecule has 0 spiro atoms. The first-order valence-electron chi connectivity index (χ1n) is 21.4. The van der Waals surface area contributed by atoms with E-state index in [-0.39, 0.29) is 55.6 Å². The van der Waals surface area contributed by atoms with Gasteiger partial charge in [0.05, 0.1) is 23.2 Å². The zero-order valence-corrected chi connectivity index (χ0v) is 35.0. The molecule has 1 aliphatic heterocycles. The molecule has 0 aromatic heterocycles. The van der Waals surface area contributed by atoms with Crippen molar-refractivity contribution in [1.29, 1.82) is 0 Å². The predicted molar refractivity (Wildman–Crippen MR) is 233 cm³/mol. The van der Waals surface area contributed by atoms with Gasteiger partial charge >= 0.3 is 0 Å². The highest BCUT2D eigenvalue weighted by Crippen LogP contribution is 2.62. The molecule has 2 N–H and O–H groups in total. The molecule has 0 saturated heterocycles. The SMILES string of the molecule is C=CCOC12Oc3ccc(Oc4cccc(C=O)c4)cc3C3C(CCCCO)C(CCCCO)C=C(C(=NOCC)CC1N(CCC)C(=O)C=Cc1ccc([N+](=O)[O-])cc1)C32. The van der Waals surface area contributed by atoms with Crippen LogP contribution in [0.25, 0.3) is 6.08 Å². The summed E-state index contributed by atoms with van der Waals surface area (Å²) >= 11 is 0. The van der Waals surface area contributed by atoms with E-state index >= 15 is 0 Å². The summed E-state index contributed by atoms with van der Waals surface area (Å²) in [5.74, 6) is -0.740. The lowest BCUT2D eigenvalue weighted by atomic mass is 9.55. The number of carbonyl (C=O) groups excluding carboxylic acids is 2. The number of aldehydes is 1. The number of benzene rings is 3. The first-order chi connectivity index (χ1) is 29.7. The zero-order chi connectivity index (χ0) is 43.4. The number of aliphatic hydroxyl groups is 2. The Morgan fingerprint density at radius 3 is 2.46 bits per heavy atom. The minimum Gasteiger partial charge on any atom is -0.459 e. The van der Waals surface area contributed by atoms with Crippen LogP contribution < -0.4 is 9.47 Å². The summed E-state index contributed by atoms with van der Waals surface area (Å²) in [7, 11) is 0. The van der Waals surface area contributed by atoms with Crippen molar-refractivity contribution < 1.29 is 43.8 Å². The van der Waals surface area contributed by atoms with E-state index in [0.717, 1.165) is 43.1 Å². The monoisotopic (exact) mass is 835 g/mol. The molecule has 2 aliphatic carbocycles. The van der Waals surface area contributed by atoms with Crippen molar-refractivity contribution in [2.45, 2.75) is 83.0 Å². The summed E-state index contributed by atoms with van der Waals surface area (Å²) in [6, 6.07) is 18.0. The van der Waals surface area contributed by atoms with Crippen molar-refractivity contribution >= 4 is 29.7 Å². The third-order valence-corrected chi connectivity index (χ3v) is 11.8. The normalized spacial score (nSPS) is 23.3. The Balaban J connectivity index is 1.55. The summed E-state index contributed by atoms with van der Waals surface area (Å²) in [5, 5.41) is 35.8. The second-order valence-corrected chi connectivity index (χ2v) is 15.7. The topological polar surface area (TPSA) is 170 Å². The van der Waals surface area contributed by atoms with Gasteiger partial charge in [-0.05, 0) is 111 Å². The Kier molecular flexibility index (Phi) is 15.6. The largest absolute Gasteiger partial charge is 0.459 e. The molecule has 3 aromatic rings. The van der Waals surface area contributed by atoms with Gasteiger partial charge in [0.15, 0.2) is 0 Å². The maximum absolute atomic E-state index is 14.6. The van der Waals surface area contributed by atoms with Gasteiger partial charge in [0.25, 0.3) is 5.69 Å². The lowest BCUT2D eigenvalue weighted by Gasteiger charge is -2.60. The molecule has 6 rings (SSSR count). The lowest BCUT2D eigenvalue weighted by molar-refractivity contribution is -0.384. The van der Waals surface area contributed by atoms with Gasteiger partial charge < -0.3 is 34.2 Å². The first-order valence-corrected chi connectivity index (χ1v) is 21.4. The summed E-state index contributed by atoms with van der Waals surface area (Å²) in [5.41, 5.74) is 3.59. The number of rotatable bonds is 22. The quantitative estimate of drug-likeness (QED) is 0.0249. The number of hydrogen-bond acceptors (Lipinski definition) is 11. The highest BCUT2D eigenvalue weighted by molar-refractivity contribution is 6.03. The Labute approximate surface area is 357 Å². The molecule has 1 saturated carbocycles. The highest BCUT2D eigenvalue weighted by Gasteiger charge is 2.65. The van der Waals surface area contributed by atoms with E-state index in [0.29, 0.717) is 66.5 Å². The van der Waals surface area contributed by atoms with Crippen molar-refractivity contribution in [1.82, 2.24) is 4.90 Å². The van der Waals surface area contributed by atoms with Crippen LogP contribution >= 0.6 is 0 Å². The maximum atomic E-state index is 14.6. The molecule has 3 aromatic carbocycles. The second-order valence-electron chi connectivity index (χ2n) is 15.7. The summed E-state index contributed by atoms with van der Waals surface area (Å²) in [4.78, 5) is 44.7. The van der Waals surface area contributed by atoms with E-state index in [1.165, 1.54) is 18.2 Å². The van der Waals surface area contributed by atoms with E-state index in [9.17, 15) is 29.9 Å². The number of carbonyl (C=O) groups is 2. The van der Waals surface area contributed by atoms with Gasteiger partial charge in [0, 0.05) is 61.4 Å². The molecule has 1 heterocycles.